The van der Waals surface area contributed by atoms with Gasteiger partial charge in [-0.3, -0.25) is 0 Å². The lowest BCUT2D eigenvalue weighted by molar-refractivity contribution is 0.0691. The number of anilines is 2. The molecule has 4 aromatic carbocycles. The predicted molar refractivity (Wildman–Crippen MR) is 141 cm³/mol. The van der Waals surface area contributed by atoms with Gasteiger partial charge in [0.2, 0.25) is 0 Å². The molecule has 5 nitrogen and oxygen atoms in total. The van der Waals surface area contributed by atoms with Crippen LogP contribution in [-0.4, -0.2) is 30.3 Å². The van der Waals surface area contributed by atoms with Crippen molar-refractivity contribution in [3.63, 3.8) is 0 Å². The number of nitrogens with one attached hydrogen (secondary N) is 1. The van der Waals surface area contributed by atoms with Gasteiger partial charge in [0.15, 0.2) is 0 Å². The summed E-state index contributed by atoms with van der Waals surface area (Å²) >= 11 is 0. The lowest BCUT2D eigenvalue weighted by Gasteiger charge is -2.37. The summed E-state index contributed by atoms with van der Waals surface area (Å²) in [5, 5.41) is 15.5. The average molecular weight is 503 g/mol. The molecule has 2 N–H and O–H groups in total. The molecule has 0 spiro atoms. The van der Waals surface area contributed by atoms with Gasteiger partial charge in [-0.2, -0.15) is 0 Å². The van der Waals surface area contributed by atoms with Crippen LogP contribution in [0.3, 0.4) is 0 Å². The molecule has 0 aromatic heterocycles. The van der Waals surface area contributed by atoms with Gasteiger partial charge in [0.05, 0.1) is 12.2 Å². The molecular weight excluding hydrogens is 474 g/mol. The maximum Gasteiger partial charge on any atom is 0.339 e. The fraction of sp³-hybridized carbons (Fsp3) is 0.233. The maximum absolute atomic E-state index is 14.3. The van der Waals surface area contributed by atoms with Gasteiger partial charge in [-0.15, -0.1) is 0 Å². The van der Waals surface area contributed by atoms with Crippen molar-refractivity contribution in [2.75, 3.05) is 18.0 Å². The molecule has 0 saturated heterocycles. The molecular formula is C30H28F2N2O3. The molecule has 7 heteroatoms. The van der Waals surface area contributed by atoms with Gasteiger partial charge < -0.3 is 20.1 Å². The summed E-state index contributed by atoms with van der Waals surface area (Å²) in [6.45, 7) is 4.73. The first-order valence-electron chi connectivity index (χ1n) is 12.3. The fourth-order valence-corrected chi connectivity index (χ4v) is 5.12. The summed E-state index contributed by atoms with van der Waals surface area (Å²) in [5.41, 5.74) is 2.11. The highest BCUT2D eigenvalue weighted by Gasteiger charge is 2.30. The Bertz CT molecular complexity index is 1470. The molecule has 0 fully saturated rings. The van der Waals surface area contributed by atoms with E-state index in [9.17, 15) is 18.7 Å². The zero-order valence-corrected chi connectivity index (χ0v) is 20.7. The summed E-state index contributed by atoms with van der Waals surface area (Å²) in [5.74, 6) is -2.08. The van der Waals surface area contributed by atoms with Crippen LogP contribution in [0.15, 0.2) is 72.8 Å². The summed E-state index contributed by atoms with van der Waals surface area (Å²) < 4.78 is 34.6. The molecule has 1 heterocycles. The van der Waals surface area contributed by atoms with Crippen LogP contribution in [0.4, 0.5) is 20.2 Å². The molecule has 5 rings (SSSR count). The average Bonchev–Trinajstić information content (AvgIpc) is 2.88. The molecule has 37 heavy (non-hydrogen) atoms. The van der Waals surface area contributed by atoms with Crippen LogP contribution < -0.4 is 15.0 Å². The smallest absolute Gasteiger partial charge is 0.339 e. The van der Waals surface area contributed by atoms with E-state index in [4.69, 9.17) is 4.74 Å². The van der Waals surface area contributed by atoms with Crippen LogP contribution >= 0.6 is 0 Å². The first-order valence-corrected chi connectivity index (χ1v) is 12.3. The monoisotopic (exact) mass is 502 g/mol. The van der Waals surface area contributed by atoms with Gasteiger partial charge in [0.1, 0.15) is 29.1 Å². The van der Waals surface area contributed by atoms with E-state index in [1.165, 1.54) is 34.5 Å². The second-order valence-electron chi connectivity index (χ2n) is 9.37. The number of hydrogen-bond donors (Lipinski definition) is 2. The van der Waals surface area contributed by atoms with E-state index < -0.39 is 17.6 Å². The zero-order chi connectivity index (χ0) is 26.1. The molecule has 0 saturated carbocycles. The minimum Gasteiger partial charge on any atom is -0.486 e. The molecule has 0 bridgehead atoms. The van der Waals surface area contributed by atoms with Crippen molar-refractivity contribution in [2.24, 2.45) is 0 Å². The Morgan fingerprint density at radius 2 is 1.86 bits per heavy atom. The summed E-state index contributed by atoms with van der Waals surface area (Å²) in [6.07, 6.45) is 0.414. The van der Waals surface area contributed by atoms with E-state index >= 15 is 0 Å². The van der Waals surface area contributed by atoms with E-state index in [1.807, 2.05) is 17.0 Å². The predicted octanol–water partition coefficient (Wildman–Crippen LogP) is 6.76. The highest BCUT2D eigenvalue weighted by molar-refractivity contribution is 5.92. The lowest BCUT2D eigenvalue weighted by atomic mass is 9.99. The summed E-state index contributed by atoms with van der Waals surface area (Å²) in [7, 11) is 0. The van der Waals surface area contributed by atoms with Crippen LogP contribution in [0.5, 0.6) is 5.75 Å². The third-order valence-electron chi connectivity index (χ3n) is 6.99. The second-order valence-corrected chi connectivity index (χ2v) is 9.37. The fourth-order valence-electron chi connectivity index (χ4n) is 5.12. The van der Waals surface area contributed by atoms with Crippen LogP contribution in [0.2, 0.25) is 0 Å². The quantitative estimate of drug-likeness (QED) is 0.292. The molecule has 1 aliphatic rings. The minimum absolute atomic E-state index is 0.115. The number of nitrogens with zero attached hydrogens (tertiary/aromatic N) is 1. The van der Waals surface area contributed by atoms with Crippen LogP contribution in [-0.2, 0) is 0 Å². The number of fused-ring (bicyclic) bond motifs is 2. The van der Waals surface area contributed by atoms with Crippen LogP contribution in [0.1, 0.15) is 40.9 Å². The van der Waals surface area contributed by atoms with Crippen molar-refractivity contribution in [3.8, 4) is 5.75 Å². The van der Waals surface area contributed by atoms with Crippen molar-refractivity contribution >= 4 is 28.1 Å². The summed E-state index contributed by atoms with van der Waals surface area (Å²) in [6, 6.07) is 21.6. The molecule has 190 valence electrons. The standard InChI is InChI=1S/C30H28F2N2O3/c1-18-26(12-11-25(32)29(18)30(35)36)34-17-22(37-28-13-10-21(31)16-27(28)34)14-15-33-19(2)23-9-5-7-20-6-3-4-8-24(20)23/h3-13,16,19,22,33H,14-15,17H2,1-2H3,(H,35,36)/t19-,22?/m1/s1. The number of rotatable bonds is 7. The number of carboxylic acid groups (broad SMARTS) is 1. The molecule has 1 unspecified atom stereocenters. The SMILES string of the molecule is Cc1c(N2CC(CCN[C@H](C)c3cccc4ccccc34)Oc3ccc(F)cc32)ccc(F)c1C(=O)O. The first kappa shape index (κ1) is 24.7. The topological polar surface area (TPSA) is 61.8 Å². The molecule has 0 amide bonds. The van der Waals surface area contributed by atoms with Crippen molar-refractivity contribution in [1.82, 2.24) is 5.32 Å². The van der Waals surface area contributed by atoms with Gasteiger partial charge in [-0.1, -0.05) is 42.5 Å². The highest BCUT2D eigenvalue weighted by Crippen LogP contribution is 2.41. The van der Waals surface area contributed by atoms with Gasteiger partial charge in [-0.25, -0.2) is 13.6 Å². The van der Waals surface area contributed by atoms with Gasteiger partial charge in [0.25, 0.3) is 0 Å². The normalized spacial score (nSPS) is 15.8. The zero-order valence-electron chi connectivity index (χ0n) is 20.7. The van der Waals surface area contributed by atoms with E-state index in [2.05, 4.69) is 42.6 Å². The van der Waals surface area contributed by atoms with E-state index in [-0.39, 0.29) is 23.3 Å². The third-order valence-corrected chi connectivity index (χ3v) is 6.99. The number of carbonyl (C=O) groups is 1. The number of hydrogen-bond acceptors (Lipinski definition) is 4. The molecule has 0 radical (unpaired) electrons. The van der Waals surface area contributed by atoms with Crippen molar-refractivity contribution in [3.05, 3.63) is 101 Å². The Morgan fingerprint density at radius 3 is 2.68 bits per heavy atom. The molecule has 4 aromatic rings. The number of halogens is 2. The van der Waals surface area contributed by atoms with Gasteiger partial charge >= 0.3 is 5.97 Å². The molecule has 0 aliphatic carbocycles. The van der Waals surface area contributed by atoms with Gasteiger partial charge in [0, 0.05) is 17.8 Å². The number of aromatic carboxylic acids is 1. The van der Waals surface area contributed by atoms with Crippen molar-refractivity contribution in [1.29, 1.82) is 0 Å². The summed E-state index contributed by atoms with van der Waals surface area (Å²) in [4.78, 5) is 13.5. The third kappa shape index (κ3) is 4.87. The number of benzene rings is 4. The van der Waals surface area contributed by atoms with Crippen LogP contribution in [0.25, 0.3) is 10.8 Å². The minimum atomic E-state index is -1.34. The van der Waals surface area contributed by atoms with E-state index in [0.29, 0.717) is 36.6 Å². The Hall–Kier alpha value is -3.97. The largest absolute Gasteiger partial charge is 0.486 e. The van der Waals surface area contributed by atoms with E-state index in [0.717, 1.165) is 6.07 Å². The van der Waals surface area contributed by atoms with Crippen molar-refractivity contribution < 1.29 is 23.4 Å². The number of carboxylic acids is 1. The second kappa shape index (κ2) is 10.2. The van der Waals surface area contributed by atoms with E-state index in [1.54, 1.807) is 13.0 Å². The molecule has 2 atom stereocenters. The van der Waals surface area contributed by atoms with Crippen LogP contribution in [0, 0.1) is 18.6 Å². The maximum atomic E-state index is 14.3. The first-order chi connectivity index (χ1) is 17.8. The molecule has 1 aliphatic heterocycles. The Morgan fingerprint density at radius 1 is 1.08 bits per heavy atom. The van der Waals surface area contributed by atoms with Gasteiger partial charge in [-0.05, 0) is 73.0 Å². The Balaban J connectivity index is 1.36. The Kier molecular flexibility index (Phi) is 6.80. The number of ether oxygens (including phenoxy) is 1. The Labute approximate surface area is 214 Å². The highest BCUT2D eigenvalue weighted by atomic mass is 19.1. The lowest BCUT2D eigenvalue weighted by Crippen LogP contribution is -2.39. The van der Waals surface area contributed by atoms with Crippen molar-refractivity contribution in [2.45, 2.75) is 32.4 Å².